The number of hydrogen-bond acceptors (Lipinski definition) is 4. The smallest absolute Gasteiger partial charge is 0.326 e. The predicted octanol–water partition coefficient (Wildman–Crippen LogP) is 2.45. The van der Waals surface area contributed by atoms with E-state index in [1.54, 1.807) is 19.9 Å². The van der Waals surface area contributed by atoms with Gasteiger partial charge in [0, 0.05) is 12.2 Å². The normalized spacial score (nSPS) is 11.8. The third kappa shape index (κ3) is 5.06. The molecule has 1 N–H and O–H groups in total. The Bertz CT molecular complexity index is 492. The number of anilines is 1. The van der Waals surface area contributed by atoms with Crippen LogP contribution in [-0.4, -0.2) is 36.2 Å². The molecule has 0 fully saturated rings. The minimum atomic E-state index is -1.01. The fourth-order valence-corrected chi connectivity index (χ4v) is 2.09. The fourth-order valence-electron chi connectivity index (χ4n) is 2.09. The summed E-state index contributed by atoms with van der Waals surface area (Å²) in [4.78, 5) is 24.3. The van der Waals surface area contributed by atoms with E-state index in [0.29, 0.717) is 12.1 Å². The number of aliphatic carboxylic acids is 1. The molecule has 0 spiro atoms. The van der Waals surface area contributed by atoms with E-state index in [4.69, 9.17) is 4.74 Å². The van der Waals surface area contributed by atoms with Crippen molar-refractivity contribution in [2.24, 2.45) is 0 Å². The zero-order chi connectivity index (χ0) is 15.8. The second-order valence-electron chi connectivity index (χ2n) is 4.49. The van der Waals surface area contributed by atoms with Gasteiger partial charge in [-0.3, -0.25) is 4.79 Å². The summed E-state index contributed by atoms with van der Waals surface area (Å²) in [5.41, 5.74) is 0.438. The van der Waals surface area contributed by atoms with E-state index in [-0.39, 0.29) is 19.6 Å². The third-order valence-electron chi connectivity index (χ3n) is 3.05. The lowest BCUT2D eigenvalue weighted by Gasteiger charge is -2.30. The topological polar surface area (TPSA) is 66.8 Å². The highest BCUT2D eigenvalue weighted by atomic mass is 19.1. The van der Waals surface area contributed by atoms with Gasteiger partial charge < -0.3 is 14.7 Å². The molecular weight excluding hydrogens is 277 g/mol. The first-order valence-corrected chi connectivity index (χ1v) is 6.90. The Morgan fingerprint density at radius 1 is 1.38 bits per heavy atom. The van der Waals surface area contributed by atoms with Gasteiger partial charge >= 0.3 is 11.9 Å². The van der Waals surface area contributed by atoms with Crippen LogP contribution in [0.1, 0.15) is 26.7 Å². The molecule has 116 valence electrons. The van der Waals surface area contributed by atoms with Crippen LogP contribution in [0.4, 0.5) is 10.1 Å². The van der Waals surface area contributed by atoms with Gasteiger partial charge in [-0.2, -0.15) is 0 Å². The number of carbonyl (C=O) groups is 2. The molecule has 0 aliphatic heterocycles. The van der Waals surface area contributed by atoms with Crippen molar-refractivity contribution < 1.29 is 23.8 Å². The quantitative estimate of drug-likeness (QED) is 0.747. The van der Waals surface area contributed by atoms with Gasteiger partial charge in [-0.15, -0.1) is 0 Å². The molecule has 1 unspecified atom stereocenters. The van der Waals surface area contributed by atoms with Crippen LogP contribution < -0.4 is 4.90 Å². The zero-order valence-electron chi connectivity index (χ0n) is 12.2. The number of halogens is 1. The fraction of sp³-hybridized carbons (Fsp3) is 0.467. The number of ether oxygens (including phenoxy) is 1. The molecule has 0 radical (unpaired) electrons. The van der Waals surface area contributed by atoms with Gasteiger partial charge in [-0.25, -0.2) is 9.18 Å². The molecule has 0 aliphatic carbocycles. The molecule has 0 bridgehead atoms. The van der Waals surface area contributed by atoms with Crippen molar-refractivity contribution in [1.82, 2.24) is 0 Å². The maximum absolute atomic E-state index is 13.3. The molecule has 1 aromatic carbocycles. The predicted molar refractivity (Wildman–Crippen MR) is 76.7 cm³/mol. The van der Waals surface area contributed by atoms with Gasteiger partial charge in [-0.1, -0.05) is 13.0 Å². The van der Waals surface area contributed by atoms with Crippen LogP contribution in [0, 0.1) is 5.82 Å². The van der Waals surface area contributed by atoms with Gasteiger partial charge in [0.2, 0.25) is 0 Å². The molecule has 6 heteroatoms. The highest BCUT2D eigenvalue weighted by Crippen LogP contribution is 2.20. The van der Waals surface area contributed by atoms with Crippen molar-refractivity contribution in [3.63, 3.8) is 0 Å². The molecule has 0 saturated carbocycles. The molecule has 21 heavy (non-hydrogen) atoms. The zero-order valence-corrected chi connectivity index (χ0v) is 12.2. The lowest BCUT2D eigenvalue weighted by atomic mass is 10.1. The summed E-state index contributed by atoms with van der Waals surface area (Å²) < 4.78 is 18.2. The Morgan fingerprint density at radius 3 is 2.62 bits per heavy atom. The number of carbonyl (C=O) groups excluding carboxylic acids is 1. The number of carboxylic acids is 1. The summed E-state index contributed by atoms with van der Waals surface area (Å²) in [5, 5.41) is 9.29. The molecule has 0 aliphatic rings. The van der Waals surface area contributed by atoms with E-state index in [1.807, 2.05) is 0 Å². The van der Waals surface area contributed by atoms with Gasteiger partial charge in [0.25, 0.3) is 0 Å². The molecule has 0 amide bonds. The van der Waals surface area contributed by atoms with E-state index in [9.17, 15) is 19.1 Å². The van der Waals surface area contributed by atoms with Crippen LogP contribution in [-0.2, 0) is 14.3 Å². The Labute approximate surface area is 123 Å². The average molecular weight is 297 g/mol. The number of rotatable bonds is 8. The van der Waals surface area contributed by atoms with E-state index in [0.717, 1.165) is 0 Å². The van der Waals surface area contributed by atoms with E-state index in [1.165, 1.54) is 23.1 Å². The molecule has 1 atom stereocenters. The Morgan fingerprint density at radius 2 is 2.10 bits per heavy atom. The SMILES string of the molecule is CCOC(=O)CCN(c1cccc(F)c1)C(CC)C(=O)O. The van der Waals surface area contributed by atoms with Crippen molar-refractivity contribution in [3.05, 3.63) is 30.1 Å². The van der Waals surface area contributed by atoms with Crippen molar-refractivity contribution >= 4 is 17.6 Å². The number of benzene rings is 1. The van der Waals surface area contributed by atoms with Crippen molar-refractivity contribution in [1.29, 1.82) is 0 Å². The minimum absolute atomic E-state index is 0.0497. The number of carboxylic acid groups (broad SMARTS) is 1. The second kappa shape index (κ2) is 8.24. The molecular formula is C15H20FNO4. The highest BCUT2D eigenvalue weighted by molar-refractivity contribution is 5.79. The second-order valence-corrected chi connectivity index (χ2v) is 4.49. The average Bonchev–Trinajstić information content (AvgIpc) is 2.43. The summed E-state index contributed by atoms with van der Waals surface area (Å²) >= 11 is 0. The summed E-state index contributed by atoms with van der Waals surface area (Å²) in [6.07, 6.45) is 0.392. The summed E-state index contributed by atoms with van der Waals surface area (Å²) in [6.45, 7) is 3.87. The van der Waals surface area contributed by atoms with Crippen LogP contribution in [0.3, 0.4) is 0 Å². The first kappa shape index (κ1) is 16.9. The third-order valence-corrected chi connectivity index (χ3v) is 3.05. The molecule has 0 saturated heterocycles. The lowest BCUT2D eigenvalue weighted by molar-refractivity contribution is -0.143. The van der Waals surface area contributed by atoms with Gasteiger partial charge in [-0.05, 0) is 31.5 Å². The number of hydrogen-bond donors (Lipinski definition) is 1. The van der Waals surface area contributed by atoms with Crippen molar-refractivity contribution in [2.45, 2.75) is 32.7 Å². The highest BCUT2D eigenvalue weighted by Gasteiger charge is 2.25. The molecule has 0 aromatic heterocycles. The summed E-state index contributed by atoms with van der Waals surface area (Å²) in [6, 6.07) is 4.86. The maximum atomic E-state index is 13.3. The van der Waals surface area contributed by atoms with Crippen LogP contribution in [0.2, 0.25) is 0 Å². The van der Waals surface area contributed by atoms with Gasteiger partial charge in [0.15, 0.2) is 0 Å². The first-order valence-electron chi connectivity index (χ1n) is 6.90. The van der Waals surface area contributed by atoms with Gasteiger partial charge in [0.1, 0.15) is 11.9 Å². The van der Waals surface area contributed by atoms with E-state index >= 15 is 0 Å². The standard InChI is InChI=1S/C15H20FNO4/c1-3-13(15(19)20)17(9-8-14(18)21-4-2)12-7-5-6-11(16)10-12/h5-7,10,13H,3-4,8-9H2,1-2H3,(H,19,20). The molecule has 0 heterocycles. The summed E-state index contributed by atoms with van der Waals surface area (Å²) in [5.74, 6) is -1.86. The number of esters is 1. The van der Waals surface area contributed by atoms with E-state index < -0.39 is 23.8 Å². The van der Waals surface area contributed by atoms with Crippen LogP contribution in [0.5, 0.6) is 0 Å². The Hall–Kier alpha value is -2.11. The van der Waals surface area contributed by atoms with Crippen molar-refractivity contribution in [3.8, 4) is 0 Å². The molecule has 1 aromatic rings. The Balaban J connectivity index is 2.94. The van der Waals surface area contributed by atoms with Crippen LogP contribution in [0.15, 0.2) is 24.3 Å². The van der Waals surface area contributed by atoms with Crippen molar-refractivity contribution in [2.75, 3.05) is 18.1 Å². The summed E-state index contributed by atoms with van der Waals surface area (Å²) in [7, 11) is 0. The van der Waals surface area contributed by atoms with Gasteiger partial charge in [0.05, 0.1) is 13.0 Å². The monoisotopic (exact) mass is 297 g/mol. The lowest BCUT2D eigenvalue weighted by Crippen LogP contribution is -2.42. The van der Waals surface area contributed by atoms with Crippen LogP contribution >= 0.6 is 0 Å². The largest absolute Gasteiger partial charge is 0.480 e. The first-order chi connectivity index (χ1) is 9.99. The Kier molecular flexibility index (Phi) is 6.65. The minimum Gasteiger partial charge on any atom is -0.480 e. The molecule has 5 nitrogen and oxygen atoms in total. The maximum Gasteiger partial charge on any atom is 0.326 e. The van der Waals surface area contributed by atoms with Crippen LogP contribution in [0.25, 0.3) is 0 Å². The molecule has 1 rings (SSSR count). The van der Waals surface area contributed by atoms with E-state index in [2.05, 4.69) is 0 Å². The number of nitrogens with zero attached hydrogens (tertiary/aromatic N) is 1.